The molecule has 0 saturated heterocycles. The molecule has 0 aromatic heterocycles. The van der Waals surface area contributed by atoms with Crippen LogP contribution < -0.4 is 20.1 Å². The number of ether oxygens (including phenoxy) is 2. The Bertz CT molecular complexity index is 1310. The molecule has 0 spiro atoms. The fourth-order valence-corrected chi connectivity index (χ4v) is 4.45. The van der Waals surface area contributed by atoms with Gasteiger partial charge < -0.3 is 30.1 Å². The maximum atomic E-state index is 13.2. The summed E-state index contributed by atoms with van der Waals surface area (Å²) in [5.41, 5.74) is 1.46. The number of rotatable bonds is 6. The van der Waals surface area contributed by atoms with Crippen LogP contribution in [0.25, 0.3) is 0 Å². The van der Waals surface area contributed by atoms with Gasteiger partial charge in [0.2, 0.25) is 6.79 Å². The molecule has 0 aliphatic carbocycles. The number of carbonyl (C=O) groups excluding carboxylic acids is 2. The topological polar surface area (TPSA) is 116 Å². The summed E-state index contributed by atoms with van der Waals surface area (Å²) in [5.74, 6) is 0.794. The van der Waals surface area contributed by atoms with Crippen molar-refractivity contribution >= 4 is 23.3 Å². The molecular weight excluding hydrogens is 474 g/mol. The summed E-state index contributed by atoms with van der Waals surface area (Å²) in [6.07, 6.45) is 0. The number of imide groups is 1. The second kappa shape index (κ2) is 9.68. The second-order valence-corrected chi connectivity index (χ2v) is 10.2. The van der Waals surface area contributed by atoms with E-state index in [1.807, 2.05) is 53.1 Å². The van der Waals surface area contributed by atoms with E-state index < -0.39 is 11.8 Å². The minimum absolute atomic E-state index is 0.0507. The maximum Gasteiger partial charge on any atom is 0.279 e. The highest BCUT2D eigenvalue weighted by Gasteiger charge is 2.40. The van der Waals surface area contributed by atoms with E-state index in [4.69, 9.17) is 9.47 Å². The molecule has 2 aromatic carbocycles. The van der Waals surface area contributed by atoms with Crippen LogP contribution in [0.3, 0.4) is 0 Å². The van der Waals surface area contributed by atoms with Crippen LogP contribution in [0.1, 0.15) is 37.9 Å². The van der Waals surface area contributed by atoms with Crippen molar-refractivity contribution in [1.82, 2.24) is 15.1 Å². The first-order chi connectivity index (χ1) is 17.4. The van der Waals surface area contributed by atoms with E-state index in [0.29, 0.717) is 22.9 Å². The zero-order valence-corrected chi connectivity index (χ0v) is 22.2. The molecule has 0 radical (unpaired) electrons. The number of amidine groups is 1. The zero-order valence-electron chi connectivity index (χ0n) is 22.2. The lowest BCUT2D eigenvalue weighted by Crippen LogP contribution is -2.36. The minimum Gasteiger partial charge on any atom is -0.505 e. The summed E-state index contributed by atoms with van der Waals surface area (Å²) < 4.78 is 11.0. The van der Waals surface area contributed by atoms with Gasteiger partial charge >= 0.3 is 0 Å². The number of carbonyl (C=O) groups is 2. The molecule has 10 heteroatoms. The van der Waals surface area contributed by atoms with E-state index in [1.165, 1.54) is 7.05 Å². The second-order valence-electron chi connectivity index (χ2n) is 10.2. The van der Waals surface area contributed by atoms with E-state index in [1.54, 1.807) is 30.1 Å². The van der Waals surface area contributed by atoms with Crippen molar-refractivity contribution in [2.24, 2.45) is 10.4 Å². The van der Waals surface area contributed by atoms with Gasteiger partial charge in [-0.2, -0.15) is 0 Å². The molecule has 196 valence electrons. The number of aliphatic imine (C=N–C) groups is 1. The van der Waals surface area contributed by atoms with Gasteiger partial charge in [-0.1, -0.05) is 32.9 Å². The lowest BCUT2D eigenvalue weighted by Gasteiger charge is -2.33. The van der Waals surface area contributed by atoms with Crippen LogP contribution in [-0.2, 0) is 9.59 Å². The highest BCUT2D eigenvalue weighted by Crippen LogP contribution is 2.40. The third kappa shape index (κ3) is 4.78. The van der Waals surface area contributed by atoms with E-state index in [-0.39, 0.29) is 41.1 Å². The summed E-state index contributed by atoms with van der Waals surface area (Å²) in [7, 11) is 6.71. The largest absolute Gasteiger partial charge is 0.505 e. The van der Waals surface area contributed by atoms with Crippen LogP contribution >= 0.6 is 0 Å². The molecule has 3 N–H and O–H groups in total. The Morgan fingerprint density at radius 2 is 1.76 bits per heavy atom. The van der Waals surface area contributed by atoms with Gasteiger partial charge in [-0.3, -0.25) is 19.5 Å². The molecular formula is C27H33N5O5. The van der Waals surface area contributed by atoms with Crippen molar-refractivity contribution in [1.29, 1.82) is 0 Å². The minimum atomic E-state index is -0.507. The monoisotopic (exact) mass is 507 g/mol. The van der Waals surface area contributed by atoms with Crippen LogP contribution in [-0.4, -0.2) is 67.5 Å². The molecule has 1 atom stereocenters. The quantitative estimate of drug-likeness (QED) is 0.237. The normalized spacial score (nSPS) is 16.4. The number of fused-ring (bicyclic) bond motifs is 1. The van der Waals surface area contributed by atoms with E-state index in [9.17, 15) is 14.7 Å². The van der Waals surface area contributed by atoms with Gasteiger partial charge in [-0.15, -0.1) is 0 Å². The van der Waals surface area contributed by atoms with Crippen molar-refractivity contribution in [3.63, 3.8) is 0 Å². The Kier molecular flexibility index (Phi) is 6.77. The number of aromatic hydroxyl groups is 1. The number of nitrogens with one attached hydrogen (secondary N) is 2. The SMILES string of the molecule is CN=C(c1cccc(NC2=C(NC(c3ccc4c(c3)OCO4)C(C)(C)C)C(=O)N(C)C2=O)c1O)N(C)C. The first-order valence-electron chi connectivity index (χ1n) is 11.9. The summed E-state index contributed by atoms with van der Waals surface area (Å²) in [6.45, 7) is 6.27. The van der Waals surface area contributed by atoms with Gasteiger partial charge in [0.1, 0.15) is 23.0 Å². The molecule has 0 saturated carbocycles. The number of phenols is 1. The van der Waals surface area contributed by atoms with Gasteiger partial charge in [0.05, 0.1) is 17.3 Å². The molecule has 0 bridgehead atoms. The van der Waals surface area contributed by atoms with Crippen molar-refractivity contribution in [3.05, 3.63) is 58.9 Å². The number of benzene rings is 2. The fraction of sp³-hybridized carbons (Fsp3) is 0.370. The number of hydrogen-bond donors (Lipinski definition) is 3. The predicted molar refractivity (Wildman–Crippen MR) is 141 cm³/mol. The number of amides is 2. The fourth-order valence-electron chi connectivity index (χ4n) is 4.45. The summed E-state index contributed by atoms with van der Waals surface area (Å²) in [6, 6.07) is 10.4. The third-order valence-corrected chi connectivity index (χ3v) is 6.34. The number of hydrogen-bond acceptors (Lipinski definition) is 8. The number of nitrogens with zero attached hydrogens (tertiary/aromatic N) is 3. The number of phenolic OH excluding ortho intramolecular Hbond substituents is 1. The van der Waals surface area contributed by atoms with Crippen molar-refractivity contribution < 1.29 is 24.2 Å². The van der Waals surface area contributed by atoms with Crippen LogP contribution in [0.15, 0.2) is 52.8 Å². The molecule has 2 amide bonds. The number of para-hydroxylation sites is 1. The van der Waals surface area contributed by atoms with Gasteiger partial charge in [-0.05, 0) is 35.2 Å². The highest BCUT2D eigenvalue weighted by molar-refractivity contribution is 6.20. The lowest BCUT2D eigenvalue weighted by molar-refractivity contribution is -0.136. The number of anilines is 1. The standard InChI is InChI=1S/C27H33N5O5/c1-27(2,3)23(15-11-12-18-19(13-15)37-14-36-18)30-21-20(25(34)32(7)26(21)35)29-17-10-8-9-16(22(17)33)24(28-4)31(5)6/h8-13,23,29-30,33H,14H2,1-7H3. The van der Waals surface area contributed by atoms with Crippen molar-refractivity contribution in [2.45, 2.75) is 26.8 Å². The molecule has 2 heterocycles. The summed E-state index contributed by atoms with van der Waals surface area (Å²) >= 11 is 0. The van der Waals surface area contributed by atoms with Gasteiger partial charge in [0, 0.05) is 28.2 Å². The van der Waals surface area contributed by atoms with Crippen LogP contribution in [0.2, 0.25) is 0 Å². The molecule has 2 aliphatic heterocycles. The van der Waals surface area contributed by atoms with Crippen LogP contribution in [0, 0.1) is 5.41 Å². The first-order valence-corrected chi connectivity index (χ1v) is 11.9. The van der Waals surface area contributed by atoms with E-state index >= 15 is 0 Å². The Labute approximate surface area is 216 Å². The smallest absolute Gasteiger partial charge is 0.279 e. The zero-order chi connectivity index (χ0) is 27.1. The molecule has 10 nitrogen and oxygen atoms in total. The lowest BCUT2D eigenvalue weighted by atomic mass is 9.82. The molecule has 2 aliphatic rings. The third-order valence-electron chi connectivity index (χ3n) is 6.34. The molecule has 0 fully saturated rings. The van der Waals surface area contributed by atoms with Gasteiger partial charge in [0.15, 0.2) is 11.5 Å². The molecule has 1 unspecified atom stereocenters. The summed E-state index contributed by atoms with van der Waals surface area (Å²) in [4.78, 5) is 33.4. The first kappa shape index (κ1) is 25.9. The Morgan fingerprint density at radius 3 is 2.41 bits per heavy atom. The molecule has 37 heavy (non-hydrogen) atoms. The Morgan fingerprint density at radius 1 is 1.08 bits per heavy atom. The van der Waals surface area contributed by atoms with Gasteiger partial charge in [0.25, 0.3) is 11.8 Å². The maximum absolute atomic E-state index is 13.2. The highest BCUT2D eigenvalue weighted by atomic mass is 16.7. The van der Waals surface area contributed by atoms with Crippen LogP contribution in [0.4, 0.5) is 5.69 Å². The summed E-state index contributed by atoms with van der Waals surface area (Å²) in [5, 5.41) is 17.4. The van der Waals surface area contributed by atoms with E-state index in [2.05, 4.69) is 15.6 Å². The Hall–Kier alpha value is -4.21. The van der Waals surface area contributed by atoms with Crippen molar-refractivity contribution in [3.8, 4) is 17.2 Å². The van der Waals surface area contributed by atoms with Crippen LogP contribution in [0.5, 0.6) is 17.2 Å². The number of likely N-dealkylation sites (N-methyl/N-ethyl adjacent to an activating group) is 1. The Balaban J connectivity index is 1.75. The van der Waals surface area contributed by atoms with Crippen molar-refractivity contribution in [2.75, 3.05) is 40.3 Å². The average Bonchev–Trinajstić information content (AvgIpc) is 3.38. The average molecular weight is 508 g/mol. The van der Waals surface area contributed by atoms with Gasteiger partial charge in [-0.25, -0.2) is 0 Å². The predicted octanol–water partition coefficient (Wildman–Crippen LogP) is 3.06. The molecule has 4 rings (SSSR count). The molecule has 2 aromatic rings. The van der Waals surface area contributed by atoms with E-state index in [0.717, 1.165) is 10.5 Å².